The third-order valence-corrected chi connectivity index (χ3v) is 4.36. The van der Waals surface area contributed by atoms with E-state index in [9.17, 15) is 14.4 Å². The number of anilines is 1. The molecule has 0 aromatic heterocycles. The van der Waals surface area contributed by atoms with Crippen molar-refractivity contribution in [3.63, 3.8) is 0 Å². The van der Waals surface area contributed by atoms with E-state index in [4.69, 9.17) is 19.3 Å². The number of methoxy groups -OCH3 is 1. The van der Waals surface area contributed by atoms with E-state index >= 15 is 0 Å². The summed E-state index contributed by atoms with van der Waals surface area (Å²) in [4.78, 5) is 37.4. The van der Waals surface area contributed by atoms with E-state index < -0.39 is 17.8 Å². The molecule has 0 atom stereocenters. The van der Waals surface area contributed by atoms with Gasteiger partial charge in [0.25, 0.3) is 11.8 Å². The number of ether oxygens (including phenoxy) is 3. The van der Waals surface area contributed by atoms with Crippen LogP contribution < -0.4 is 14.8 Å². The summed E-state index contributed by atoms with van der Waals surface area (Å²) in [6.45, 7) is -0.466. The maximum absolute atomic E-state index is 12.5. The minimum atomic E-state index is -0.608. The number of nitrogens with one attached hydrogen (secondary N) is 1. The van der Waals surface area contributed by atoms with Crippen LogP contribution in [0.4, 0.5) is 5.69 Å². The first-order valence-corrected chi connectivity index (χ1v) is 8.68. The second kappa shape index (κ2) is 7.28. The highest BCUT2D eigenvalue weighted by atomic mass is 16.6. The number of hydrogen-bond donors (Lipinski definition) is 2. The number of rotatable bonds is 5. The first-order chi connectivity index (χ1) is 14.0. The van der Waals surface area contributed by atoms with Crippen LogP contribution in [0.3, 0.4) is 0 Å². The summed E-state index contributed by atoms with van der Waals surface area (Å²) in [6, 6.07) is 9.89. The van der Waals surface area contributed by atoms with Gasteiger partial charge in [-0.05, 0) is 24.3 Å². The second-order valence-electron chi connectivity index (χ2n) is 6.20. The molecule has 2 aliphatic heterocycles. The van der Waals surface area contributed by atoms with Crippen LogP contribution in [-0.2, 0) is 14.3 Å². The van der Waals surface area contributed by atoms with Gasteiger partial charge >= 0.3 is 5.97 Å². The van der Waals surface area contributed by atoms with Crippen LogP contribution in [0, 0.1) is 0 Å². The van der Waals surface area contributed by atoms with Crippen molar-refractivity contribution in [3.05, 3.63) is 53.7 Å². The van der Waals surface area contributed by atoms with Gasteiger partial charge in [-0.2, -0.15) is 0 Å². The first-order valence-electron chi connectivity index (χ1n) is 8.68. The fourth-order valence-electron chi connectivity index (χ4n) is 3.01. The van der Waals surface area contributed by atoms with Gasteiger partial charge in [0.05, 0.1) is 31.5 Å². The number of hydrogen-bond acceptors (Lipinski definition) is 8. The van der Waals surface area contributed by atoms with E-state index in [2.05, 4.69) is 5.32 Å². The molecule has 2 aromatic carbocycles. The number of aliphatic hydroxyl groups is 1. The molecule has 9 heteroatoms. The van der Waals surface area contributed by atoms with Crippen LogP contribution in [-0.4, -0.2) is 48.1 Å². The number of β-amino-alcohol motifs (C(OH)–C–C–N with tert-alkyl or cyclic N) is 1. The van der Waals surface area contributed by atoms with Gasteiger partial charge in [0.1, 0.15) is 5.70 Å². The van der Waals surface area contributed by atoms with Crippen molar-refractivity contribution in [3.8, 4) is 23.0 Å². The van der Waals surface area contributed by atoms with Crippen molar-refractivity contribution in [1.29, 1.82) is 0 Å². The molecule has 29 heavy (non-hydrogen) atoms. The Kier molecular flexibility index (Phi) is 4.65. The van der Waals surface area contributed by atoms with Gasteiger partial charge in [0.15, 0.2) is 23.0 Å². The van der Waals surface area contributed by atoms with Crippen LogP contribution in [0.1, 0.15) is 10.4 Å². The average molecular weight is 396 g/mol. The smallest absolute Gasteiger partial charge is 0.338 e. The number of benzene rings is 2. The Balaban J connectivity index is 1.73. The van der Waals surface area contributed by atoms with Gasteiger partial charge in [-0.1, -0.05) is 12.1 Å². The SMILES string of the molecule is COC(=O)c1cc(NC2=CC(=O)N(CCO)C2=O)c2c(c1)Oc1ccccc1O2. The normalized spacial score (nSPS) is 14.4. The van der Waals surface area contributed by atoms with Crippen molar-refractivity contribution in [2.24, 2.45) is 0 Å². The van der Waals surface area contributed by atoms with E-state index in [-0.39, 0.29) is 41.6 Å². The Morgan fingerprint density at radius 3 is 2.55 bits per heavy atom. The Labute approximate surface area is 165 Å². The minimum Gasteiger partial charge on any atom is -0.465 e. The molecule has 0 unspecified atom stereocenters. The molecule has 2 heterocycles. The number of nitrogens with zero attached hydrogens (tertiary/aromatic N) is 1. The molecule has 0 fully saturated rings. The van der Waals surface area contributed by atoms with Gasteiger partial charge in [-0.15, -0.1) is 0 Å². The van der Waals surface area contributed by atoms with Crippen molar-refractivity contribution < 1.29 is 33.7 Å². The quantitative estimate of drug-likeness (QED) is 0.497. The maximum Gasteiger partial charge on any atom is 0.338 e. The van der Waals surface area contributed by atoms with Crippen molar-refractivity contribution in [2.45, 2.75) is 0 Å². The van der Waals surface area contributed by atoms with Crippen LogP contribution in [0.15, 0.2) is 48.2 Å². The molecule has 0 saturated heterocycles. The molecule has 2 aliphatic rings. The first kappa shape index (κ1) is 18.5. The molecule has 2 aromatic rings. The lowest BCUT2D eigenvalue weighted by atomic mass is 10.1. The van der Waals surface area contributed by atoms with E-state index in [1.165, 1.54) is 19.2 Å². The highest BCUT2D eigenvalue weighted by Crippen LogP contribution is 2.49. The Morgan fingerprint density at radius 2 is 1.86 bits per heavy atom. The molecular formula is C20H16N2O7. The number of esters is 1. The summed E-state index contributed by atoms with van der Waals surface area (Å²) in [6.07, 6.45) is 1.12. The number of amides is 2. The van der Waals surface area contributed by atoms with E-state index in [1.54, 1.807) is 24.3 Å². The van der Waals surface area contributed by atoms with Crippen LogP contribution >= 0.6 is 0 Å². The average Bonchev–Trinajstić information content (AvgIpc) is 2.99. The Morgan fingerprint density at radius 1 is 1.14 bits per heavy atom. The van der Waals surface area contributed by atoms with Crippen molar-refractivity contribution in [1.82, 2.24) is 4.90 Å². The van der Waals surface area contributed by atoms with Gasteiger partial charge in [0.2, 0.25) is 0 Å². The van der Waals surface area contributed by atoms with Crippen LogP contribution in [0.5, 0.6) is 23.0 Å². The zero-order chi connectivity index (χ0) is 20.5. The zero-order valence-corrected chi connectivity index (χ0v) is 15.3. The number of para-hydroxylation sites is 2. The van der Waals surface area contributed by atoms with Crippen LogP contribution in [0.2, 0.25) is 0 Å². The molecule has 2 N–H and O–H groups in total. The summed E-state index contributed by atoms with van der Waals surface area (Å²) in [5.41, 5.74) is 0.395. The summed E-state index contributed by atoms with van der Waals surface area (Å²) >= 11 is 0. The highest BCUT2D eigenvalue weighted by Gasteiger charge is 2.32. The van der Waals surface area contributed by atoms with Gasteiger partial charge in [-0.3, -0.25) is 14.5 Å². The fourth-order valence-corrected chi connectivity index (χ4v) is 3.01. The lowest BCUT2D eigenvalue weighted by Crippen LogP contribution is -2.34. The summed E-state index contributed by atoms with van der Waals surface area (Å²) < 4.78 is 16.5. The maximum atomic E-state index is 12.5. The summed E-state index contributed by atoms with van der Waals surface area (Å²) in [5, 5.41) is 11.9. The number of carbonyl (C=O) groups excluding carboxylic acids is 3. The largest absolute Gasteiger partial charge is 0.465 e. The predicted molar refractivity (Wildman–Crippen MR) is 99.9 cm³/mol. The standard InChI is InChI=1S/C20H16N2O7/c1-27-20(26)11-8-12(21-13-10-17(24)22(6-7-23)19(13)25)18-16(9-11)28-14-4-2-3-5-15(14)29-18/h2-5,8-10,21,23H,6-7H2,1H3. The number of imide groups is 1. The number of aliphatic hydroxyl groups excluding tert-OH is 1. The van der Waals surface area contributed by atoms with Gasteiger partial charge < -0.3 is 24.6 Å². The van der Waals surface area contributed by atoms with Crippen molar-refractivity contribution in [2.75, 3.05) is 25.6 Å². The molecule has 0 spiro atoms. The van der Waals surface area contributed by atoms with E-state index in [1.807, 2.05) is 0 Å². The van der Waals surface area contributed by atoms with E-state index in [0.717, 1.165) is 11.0 Å². The topological polar surface area (TPSA) is 114 Å². The monoisotopic (exact) mass is 396 g/mol. The number of carbonyl (C=O) groups is 3. The molecule has 0 saturated carbocycles. The molecule has 9 nitrogen and oxygen atoms in total. The second-order valence-corrected chi connectivity index (χ2v) is 6.20. The highest BCUT2D eigenvalue weighted by molar-refractivity contribution is 6.17. The summed E-state index contributed by atoms with van der Waals surface area (Å²) in [5.74, 6) is -0.336. The molecule has 0 aliphatic carbocycles. The Bertz CT molecular complexity index is 1060. The van der Waals surface area contributed by atoms with Crippen molar-refractivity contribution >= 4 is 23.5 Å². The fraction of sp³-hybridized carbons (Fsp3) is 0.150. The number of fused-ring (bicyclic) bond motifs is 2. The molecule has 0 radical (unpaired) electrons. The molecule has 0 bridgehead atoms. The molecule has 2 amide bonds. The zero-order valence-electron chi connectivity index (χ0n) is 15.3. The molecule has 148 valence electrons. The van der Waals surface area contributed by atoms with Gasteiger partial charge in [0, 0.05) is 6.08 Å². The third-order valence-electron chi connectivity index (χ3n) is 4.36. The minimum absolute atomic E-state index is 0.0184. The lowest BCUT2D eigenvalue weighted by Gasteiger charge is -2.24. The molecule has 4 rings (SSSR count). The Hall–Kier alpha value is -3.85. The third kappa shape index (κ3) is 3.27. The van der Waals surface area contributed by atoms with Gasteiger partial charge in [-0.25, -0.2) is 4.79 Å². The predicted octanol–water partition coefficient (Wildman–Crippen LogP) is 2.03. The summed E-state index contributed by atoms with van der Waals surface area (Å²) in [7, 11) is 1.25. The van der Waals surface area contributed by atoms with E-state index in [0.29, 0.717) is 11.5 Å². The molecular weight excluding hydrogens is 380 g/mol. The van der Waals surface area contributed by atoms with Crippen LogP contribution in [0.25, 0.3) is 0 Å². The lowest BCUT2D eigenvalue weighted by molar-refractivity contribution is -0.137.